The lowest BCUT2D eigenvalue weighted by atomic mass is 9.85. The molecule has 1 aliphatic carbocycles. The number of hydrogen-bond donors (Lipinski definition) is 0. The van der Waals surface area contributed by atoms with Gasteiger partial charge in [-0.3, -0.25) is 9.59 Å². The fourth-order valence-electron chi connectivity index (χ4n) is 3.21. The van der Waals surface area contributed by atoms with Gasteiger partial charge in [0.05, 0.1) is 0 Å². The number of carbonyl (C=O) groups excluding carboxylic acids is 2. The van der Waals surface area contributed by atoms with Crippen molar-refractivity contribution in [3.05, 3.63) is 34.9 Å². The third-order valence-electron chi connectivity index (χ3n) is 5.14. The van der Waals surface area contributed by atoms with E-state index in [0.717, 1.165) is 24.0 Å². The summed E-state index contributed by atoms with van der Waals surface area (Å²) in [6, 6.07) is 6.19. The Hall–Kier alpha value is -1.84. The lowest BCUT2D eigenvalue weighted by Crippen LogP contribution is -2.51. The highest BCUT2D eigenvalue weighted by Gasteiger charge is 2.35. The highest BCUT2D eigenvalue weighted by Crippen LogP contribution is 2.31. The molecule has 1 aliphatic heterocycles. The van der Waals surface area contributed by atoms with Crippen LogP contribution in [0.15, 0.2) is 18.2 Å². The Labute approximate surface area is 144 Å². The summed E-state index contributed by atoms with van der Waals surface area (Å²) >= 11 is 0. The van der Waals surface area contributed by atoms with Crippen LogP contribution >= 0.6 is 0 Å². The fourth-order valence-corrected chi connectivity index (χ4v) is 3.21. The van der Waals surface area contributed by atoms with E-state index in [4.69, 9.17) is 0 Å². The van der Waals surface area contributed by atoms with Gasteiger partial charge in [-0.15, -0.1) is 0 Å². The van der Waals surface area contributed by atoms with Crippen molar-refractivity contribution in [1.29, 1.82) is 0 Å². The molecule has 1 saturated carbocycles. The predicted octanol–water partition coefficient (Wildman–Crippen LogP) is 2.99. The molecule has 1 heterocycles. The van der Waals surface area contributed by atoms with Crippen LogP contribution in [0.25, 0.3) is 0 Å². The van der Waals surface area contributed by atoms with Gasteiger partial charge < -0.3 is 9.80 Å². The lowest BCUT2D eigenvalue weighted by Gasteiger charge is -2.35. The van der Waals surface area contributed by atoms with Gasteiger partial charge in [0.2, 0.25) is 5.91 Å². The number of piperazine rings is 1. The maximum atomic E-state index is 12.9. The van der Waals surface area contributed by atoms with Crippen LogP contribution in [0.5, 0.6) is 0 Å². The van der Waals surface area contributed by atoms with Crippen LogP contribution in [0.2, 0.25) is 0 Å². The first-order valence-corrected chi connectivity index (χ1v) is 8.96. The minimum absolute atomic E-state index is 0.0259. The second-order valence-corrected chi connectivity index (χ2v) is 8.17. The molecular weight excluding hydrogens is 300 g/mol. The zero-order valence-corrected chi connectivity index (χ0v) is 15.3. The van der Waals surface area contributed by atoms with E-state index in [0.29, 0.717) is 26.2 Å². The largest absolute Gasteiger partial charge is 0.339 e. The average Bonchev–Trinajstić information content (AvgIpc) is 3.38. The summed E-state index contributed by atoms with van der Waals surface area (Å²) in [6.07, 6.45) is 2.08. The Morgan fingerprint density at radius 2 is 1.58 bits per heavy atom. The van der Waals surface area contributed by atoms with Crippen LogP contribution in [0.1, 0.15) is 55.1 Å². The van der Waals surface area contributed by atoms with Crippen molar-refractivity contribution in [3.63, 3.8) is 0 Å². The predicted molar refractivity (Wildman–Crippen MR) is 95.1 cm³/mol. The molecule has 0 atom stereocenters. The molecule has 0 N–H and O–H groups in total. The Morgan fingerprint density at radius 3 is 2.12 bits per heavy atom. The Kier molecular flexibility index (Phi) is 4.41. The van der Waals surface area contributed by atoms with E-state index < -0.39 is 0 Å². The molecule has 0 bridgehead atoms. The number of benzene rings is 1. The second kappa shape index (κ2) is 6.23. The molecule has 1 aromatic rings. The molecule has 0 radical (unpaired) electrons. The van der Waals surface area contributed by atoms with Gasteiger partial charge in [0.1, 0.15) is 0 Å². The molecule has 0 unspecified atom stereocenters. The number of rotatable bonds is 2. The van der Waals surface area contributed by atoms with Gasteiger partial charge in [-0.05, 0) is 42.4 Å². The topological polar surface area (TPSA) is 40.6 Å². The standard InChI is InChI=1S/C20H28N2O2/c1-14-5-8-16(20(2,3)4)13-17(14)19(24)22-11-9-21(10-12-22)18(23)15-6-7-15/h5,8,13,15H,6-7,9-12H2,1-4H3. The second-order valence-electron chi connectivity index (χ2n) is 8.17. The maximum absolute atomic E-state index is 12.9. The smallest absolute Gasteiger partial charge is 0.254 e. The first kappa shape index (κ1) is 17.0. The lowest BCUT2D eigenvalue weighted by molar-refractivity contribution is -0.134. The third kappa shape index (κ3) is 3.47. The van der Waals surface area contributed by atoms with E-state index in [1.807, 2.05) is 28.9 Å². The molecule has 4 heteroatoms. The molecule has 2 fully saturated rings. The van der Waals surface area contributed by atoms with Crippen LogP contribution in [0.3, 0.4) is 0 Å². The molecule has 0 aromatic heterocycles. The van der Waals surface area contributed by atoms with Gasteiger partial charge in [-0.25, -0.2) is 0 Å². The molecule has 130 valence electrons. The van der Waals surface area contributed by atoms with Crippen LogP contribution < -0.4 is 0 Å². The SMILES string of the molecule is Cc1ccc(C(C)(C)C)cc1C(=O)N1CCN(C(=O)C2CC2)CC1. The van der Waals surface area contributed by atoms with E-state index >= 15 is 0 Å². The molecule has 24 heavy (non-hydrogen) atoms. The van der Waals surface area contributed by atoms with Crippen molar-refractivity contribution in [2.45, 2.75) is 46.0 Å². The zero-order valence-electron chi connectivity index (χ0n) is 15.3. The van der Waals surface area contributed by atoms with Crippen LogP contribution in [0, 0.1) is 12.8 Å². The molecule has 2 amide bonds. The summed E-state index contributed by atoms with van der Waals surface area (Å²) in [6.45, 7) is 11.1. The van der Waals surface area contributed by atoms with E-state index in [9.17, 15) is 9.59 Å². The first-order valence-electron chi connectivity index (χ1n) is 8.96. The van der Waals surface area contributed by atoms with E-state index in [1.54, 1.807) is 0 Å². The molecule has 2 aliphatic rings. The zero-order chi connectivity index (χ0) is 17.5. The summed E-state index contributed by atoms with van der Waals surface area (Å²) in [5.74, 6) is 0.642. The monoisotopic (exact) mass is 328 g/mol. The normalized spacial score (nSPS) is 18.7. The Bertz CT molecular complexity index is 648. The van der Waals surface area contributed by atoms with Gasteiger partial charge in [0.25, 0.3) is 5.91 Å². The summed E-state index contributed by atoms with van der Waals surface area (Å²) in [5, 5.41) is 0. The van der Waals surface area contributed by atoms with Crippen molar-refractivity contribution in [3.8, 4) is 0 Å². The third-order valence-corrected chi connectivity index (χ3v) is 5.14. The molecule has 0 spiro atoms. The van der Waals surface area contributed by atoms with E-state index in [1.165, 1.54) is 5.56 Å². The highest BCUT2D eigenvalue weighted by molar-refractivity contribution is 5.96. The molecule has 4 nitrogen and oxygen atoms in total. The number of aryl methyl sites for hydroxylation is 1. The Balaban J connectivity index is 1.70. The quantitative estimate of drug-likeness (QED) is 0.837. The molecular formula is C20H28N2O2. The number of hydrogen-bond acceptors (Lipinski definition) is 2. The van der Waals surface area contributed by atoms with Gasteiger partial charge in [0.15, 0.2) is 0 Å². The number of nitrogens with zero attached hydrogens (tertiary/aromatic N) is 2. The van der Waals surface area contributed by atoms with Gasteiger partial charge >= 0.3 is 0 Å². The van der Waals surface area contributed by atoms with Crippen LogP contribution in [0.4, 0.5) is 0 Å². The molecule has 1 saturated heterocycles. The van der Waals surface area contributed by atoms with Crippen molar-refractivity contribution in [2.75, 3.05) is 26.2 Å². The van der Waals surface area contributed by atoms with Crippen molar-refractivity contribution in [1.82, 2.24) is 9.80 Å². The summed E-state index contributed by atoms with van der Waals surface area (Å²) in [4.78, 5) is 28.9. The van der Waals surface area contributed by atoms with Gasteiger partial charge in [-0.1, -0.05) is 32.9 Å². The van der Waals surface area contributed by atoms with Gasteiger partial charge in [0, 0.05) is 37.7 Å². The van der Waals surface area contributed by atoms with Crippen molar-refractivity contribution in [2.24, 2.45) is 5.92 Å². The fraction of sp³-hybridized carbons (Fsp3) is 0.600. The first-order chi connectivity index (χ1) is 11.3. The van der Waals surface area contributed by atoms with Crippen molar-refractivity contribution >= 4 is 11.8 Å². The minimum atomic E-state index is 0.0259. The highest BCUT2D eigenvalue weighted by atomic mass is 16.2. The number of carbonyl (C=O) groups is 2. The summed E-state index contributed by atoms with van der Waals surface area (Å²) in [7, 11) is 0. The molecule has 1 aromatic carbocycles. The van der Waals surface area contributed by atoms with Crippen LogP contribution in [-0.4, -0.2) is 47.8 Å². The minimum Gasteiger partial charge on any atom is -0.339 e. The molecule has 3 rings (SSSR count). The average molecular weight is 328 g/mol. The maximum Gasteiger partial charge on any atom is 0.254 e. The van der Waals surface area contributed by atoms with Crippen molar-refractivity contribution < 1.29 is 9.59 Å². The van der Waals surface area contributed by atoms with E-state index in [2.05, 4.69) is 26.8 Å². The Morgan fingerprint density at radius 1 is 1.00 bits per heavy atom. The summed E-state index contributed by atoms with van der Waals surface area (Å²) < 4.78 is 0. The number of amides is 2. The van der Waals surface area contributed by atoms with E-state index in [-0.39, 0.29) is 23.1 Å². The van der Waals surface area contributed by atoms with Gasteiger partial charge in [-0.2, -0.15) is 0 Å². The van der Waals surface area contributed by atoms with Crippen LogP contribution in [-0.2, 0) is 10.2 Å². The summed E-state index contributed by atoms with van der Waals surface area (Å²) in [5.41, 5.74) is 3.02.